The summed E-state index contributed by atoms with van der Waals surface area (Å²) < 4.78 is 3.27. The van der Waals surface area contributed by atoms with Gasteiger partial charge in [0.1, 0.15) is 0 Å². The van der Waals surface area contributed by atoms with E-state index >= 15 is 0 Å². The quantitative estimate of drug-likeness (QED) is 0.491. The predicted octanol–water partition coefficient (Wildman–Crippen LogP) is 2.22. The van der Waals surface area contributed by atoms with E-state index in [0.717, 1.165) is 49.0 Å². The number of benzene rings is 2. The molecule has 9 nitrogen and oxygen atoms in total. The van der Waals surface area contributed by atoms with Crippen molar-refractivity contribution in [2.45, 2.75) is 63.3 Å². The molecule has 1 aliphatic carbocycles. The summed E-state index contributed by atoms with van der Waals surface area (Å²) in [6, 6.07) is 13.2. The zero-order valence-electron chi connectivity index (χ0n) is 21.2. The van der Waals surface area contributed by atoms with Crippen molar-refractivity contribution in [1.29, 1.82) is 5.26 Å². The van der Waals surface area contributed by atoms with Crippen LogP contribution in [0.25, 0.3) is 11.0 Å². The van der Waals surface area contributed by atoms with Crippen LogP contribution < -0.4 is 21.6 Å². The molecule has 9 heteroatoms. The molecule has 0 radical (unpaired) electrons. The molecule has 4 N–H and O–H groups in total. The minimum absolute atomic E-state index is 0.0122. The fraction of sp³-hybridized carbons (Fsp3) is 0.464. The van der Waals surface area contributed by atoms with Crippen molar-refractivity contribution in [2.75, 3.05) is 18.0 Å². The third kappa shape index (κ3) is 4.99. The molecular weight excluding hydrogens is 468 g/mol. The number of imidazole rings is 1. The molecule has 1 atom stereocenters. The first-order chi connectivity index (χ1) is 17.9. The Hall–Kier alpha value is -3.61. The molecule has 1 saturated heterocycles. The first kappa shape index (κ1) is 25.1. The minimum atomic E-state index is -0.292. The average molecular weight is 503 g/mol. The van der Waals surface area contributed by atoms with Gasteiger partial charge in [0.25, 0.3) is 5.91 Å². The third-order valence-electron chi connectivity index (χ3n) is 7.78. The van der Waals surface area contributed by atoms with Gasteiger partial charge in [-0.1, -0.05) is 18.2 Å². The summed E-state index contributed by atoms with van der Waals surface area (Å²) in [5.74, 6) is -0.180. The van der Waals surface area contributed by atoms with E-state index in [1.165, 1.54) is 0 Å². The number of rotatable bonds is 5. The van der Waals surface area contributed by atoms with Crippen LogP contribution in [0.1, 0.15) is 60.0 Å². The number of nitrogens with one attached hydrogen (secondary N) is 1. The van der Waals surface area contributed by atoms with Crippen molar-refractivity contribution >= 4 is 22.6 Å². The number of aromatic nitrogens is 2. The molecule has 2 aromatic carbocycles. The van der Waals surface area contributed by atoms with E-state index in [-0.39, 0.29) is 36.3 Å². The number of nitrogens with two attached hydrogens (primary N) is 1. The van der Waals surface area contributed by atoms with E-state index in [1.54, 1.807) is 28.3 Å². The zero-order valence-corrected chi connectivity index (χ0v) is 21.2. The van der Waals surface area contributed by atoms with E-state index in [1.807, 2.05) is 24.3 Å². The number of carbonyl (C=O) groups excluding carboxylic acids is 1. The zero-order chi connectivity index (χ0) is 26.1. The number of hydrogen-bond acceptors (Lipinski definition) is 6. The summed E-state index contributed by atoms with van der Waals surface area (Å²) >= 11 is 0. The number of hydrogen-bond donors (Lipinski definition) is 3. The molecule has 0 spiro atoms. The van der Waals surface area contributed by atoms with Gasteiger partial charge in [-0.3, -0.25) is 13.9 Å². The highest BCUT2D eigenvalue weighted by Crippen LogP contribution is 2.31. The lowest BCUT2D eigenvalue weighted by atomic mass is 9.93. The largest absolute Gasteiger partial charge is 0.393 e. The molecule has 3 aromatic rings. The fourth-order valence-corrected chi connectivity index (χ4v) is 5.69. The van der Waals surface area contributed by atoms with E-state index in [9.17, 15) is 20.0 Å². The second-order valence-corrected chi connectivity index (χ2v) is 10.4. The SMILES string of the molecule is Cn1c(=O)n(Cc2ccccc2C#N)c2c(N3CCC[C@@H](N)C3)cc(C(=O)NC3CCC(O)CC3)cc21. The lowest BCUT2D eigenvalue weighted by Crippen LogP contribution is -2.43. The number of anilines is 1. The van der Waals surface area contributed by atoms with Crippen LogP contribution in [0.2, 0.25) is 0 Å². The summed E-state index contributed by atoms with van der Waals surface area (Å²) in [6.45, 7) is 1.67. The van der Waals surface area contributed by atoms with Crippen molar-refractivity contribution in [2.24, 2.45) is 12.8 Å². The van der Waals surface area contributed by atoms with Gasteiger partial charge in [-0.15, -0.1) is 0 Å². The third-order valence-corrected chi connectivity index (χ3v) is 7.78. The molecule has 2 fully saturated rings. The van der Waals surface area contributed by atoms with Crippen LogP contribution in [0.4, 0.5) is 5.69 Å². The molecule has 2 aliphatic rings. The molecule has 1 aromatic heterocycles. The maximum Gasteiger partial charge on any atom is 0.329 e. The molecule has 194 valence electrons. The van der Waals surface area contributed by atoms with Gasteiger partial charge in [-0.05, 0) is 62.3 Å². The second kappa shape index (κ2) is 10.4. The van der Waals surface area contributed by atoms with Crippen molar-refractivity contribution in [1.82, 2.24) is 14.5 Å². The van der Waals surface area contributed by atoms with Gasteiger partial charge in [-0.2, -0.15) is 5.26 Å². The number of aryl methyl sites for hydroxylation is 1. The van der Waals surface area contributed by atoms with Crippen LogP contribution >= 0.6 is 0 Å². The van der Waals surface area contributed by atoms with Gasteiger partial charge in [0.15, 0.2) is 0 Å². The number of aliphatic hydroxyl groups excluding tert-OH is 1. The molecule has 5 rings (SSSR count). The smallest absolute Gasteiger partial charge is 0.329 e. The highest BCUT2D eigenvalue weighted by molar-refractivity contribution is 6.02. The molecule has 0 bridgehead atoms. The number of aliphatic hydroxyl groups is 1. The van der Waals surface area contributed by atoms with Crippen molar-refractivity contribution in [3.63, 3.8) is 0 Å². The van der Waals surface area contributed by atoms with E-state index in [2.05, 4.69) is 16.3 Å². The summed E-state index contributed by atoms with van der Waals surface area (Å²) in [5.41, 5.74) is 10.1. The highest BCUT2D eigenvalue weighted by atomic mass is 16.3. The monoisotopic (exact) mass is 502 g/mol. The van der Waals surface area contributed by atoms with Crippen LogP contribution in [0.5, 0.6) is 0 Å². The Bertz CT molecular complexity index is 1410. The van der Waals surface area contributed by atoms with Gasteiger partial charge in [0.05, 0.1) is 41.0 Å². The number of piperidine rings is 1. The molecule has 0 unspecified atom stereocenters. The topological polar surface area (TPSA) is 129 Å². The number of nitrogens with zero attached hydrogens (tertiary/aromatic N) is 4. The number of carbonyl (C=O) groups is 1. The average Bonchev–Trinajstić information content (AvgIpc) is 3.14. The van der Waals surface area contributed by atoms with Crippen LogP contribution in [-0.2, 0) is 13.6 Å². The fourth-order valence-electron chi connectivity index (χ4n) is 5.69. The van der Waals surface area contributed by atoms with Gasteiger partial charge in [-0.25, -0.2) is 4.79 Å². The van der Waals surface area contributed by atoms with Gasteiger partial charge in [0, 0.05) is 37.8 Å². The number of fused-ring (bicyclic) bond motifs is 1. The Morgan fingerprint density at radius 1 is 1.19 bits per heavy atom. The van der Waals surface area contributed by atoms with Gasteiger partial charge in [0.2, 0.25) is 0 Å². The Morgan fingerprint density at radius 2 is 1.95 bits per heavy atom. The first-order valence-corrected chi connectivity index (χ1v) is 13.1. The van der Waals surface area contributed by atoms with Gasteiger partial charge >= 0.3 is 5.69 Å². The molecular formula is C28H34N6O3. The molecule has 37 heavy (non-hydrogen) atoms. The summed E-state index contributed by atoms with van der Waals surface area (Å²) in [7, 11) is 1.72. The number of amides is 1. The Labute approximate surface area is 216 Å². The molecule has 2 heterocycles. The van der Waals surface area contributed by atoms with E-state index in [4.69, 9.17) is 5.73 Å². The van der Waals surface area contributed by atoms with Crippen molar-refractivity contribution in [3.05, 3.63) is 63.6 Å². The first-order valence-electron chi connectivity index (χ1n) is 13.1. The Kier molecular flexibility index (Phi) is 7.04. The Balaban J connectivity index is 1.60. The van der Waals surface area contributed by atoms with E-state index < -0.39 is 0 Å². The van der Waals surface area contributed by atoms with Crippen LogP contribution in [0.3, 0.4) is 0 Å². The summed E-state index contributed by atoms with van der Waals surface area (Å²) in [5, 5.41) is 22.5. The maximum absolute atomic E-state index is 13.5. The minimum Gasteiger partial charge on any atom is -0.393 e. The van der Waals surface area contributed by atoms with Crippen molar-refractivity contribution in [3.8, 4) is 6.07 Å². The van der Waals surface area contributed by atoms with E-state index in [0.29, 0.717) is 36.0 Å². The highest BCUT2D eigenvalue weighted by Gasteiger charge is 2.26. The summed E-state index contributed by atoms with van der Waals surface area (Å²) in [4.78, 5) is 29.0. The standard InChI is InChI=1S/C28H34N6O3/c1-32-24-13-20(27(36)31-22-8-10-23(35)11-9-22)14-25(33-12-4-7-21(30)17-33)26(24)34(28(32)37)16-19-6-3-2-5-18(19)15-29/h2-3,5-6,13-14,21-23,35H,4,7-12,16-17,30H2,1H3,(H,31,36)/t21-,22?,23?/m1/s1. The van der Waals surface area contributed by atoms with Crippen LogP contribution in [0.15, 0.2) is 41.2 Å². The molecule has 1 aliphatic heterocycles. The Morgan fingerprint density at radius 3 is 2.68 bits per heavy atom. The van der Waals surface area contributed by atoms with Crippen LogP contribution in [-0.4, -0.2) is 51.4 Å². The van der Waals surface area contributed by atoms with Gasteiger partial charge < -0.3 is 21.1 Å². The molecule has 1 amide bonds. The molecule has 1 saturated carbocycles. The lowest BCUT2D eigenvalue weighted by molar-refractivity contribution is 0.0868. The summed E-state index contributed by atoms with van der Waals surface area (Å²) in [6.07, 6.45) is 4.43. The second-order valence-electron chi connectivity index (χ2n) is 10.4. The predicted molar refractivity (Wildman–Crippen MR) is 143 cm³/mol. The lowest BCUT2D eigenvalue weighted by Gasteiger charge is -2.33. The van der Waals surface area contributed by atoms with Crippen molar-refractivity contribution < 1.29 is 9.90 Å². The number of nitriles is 1. The van der Waals surface area contributed by atoms with Crippen LogP contribution in [0, 0.1) is 11.3 Å². The normalized spacial score (nSPS) is 22.1. The maximum atomic E-state index is 13.5.